The number of anilines is 1. The van der Waals surface area contributed by atoms with Crippen molar-refractivity contribution in [2.75, 3.05) is 43.4 Å². The van der Waals surface area contributed by atoms with Crippen molar-refractivity contribution in [1.82, 2.24) is 19.7 Å². The fourth-order valence-corrected chi connectivity index (χ4v) is 4.65. The standard InChI is InChI=1S/C19H24ClN5O2S/c1-14-12-24(10-11-27-14)17(26)13-28-19-22-21-18(23-8-4-5-9-23)25(19)16-7-3-2-6-15(16)20/h2-3,6-7,14H,4-5,8-13H2,1H3. The van der Waals surface area contributed by atoms with Crippen LogP contribution in [-0.2, 0) is 9.53 Å². The van der Waals surface area contributed by atoms with Gasteiger partial charge in [0.15, 0.2) is 5.16 Å². The fraction of sp³-hybridized carbons (Fsp3) is 0.526. The smallest absolute Gasteiger partial charge is 0.233 e. The van der Waals surface area contributed by atoms with Gasteiger partial charge in [-0.2, -0.15) is 0 Å². The summed E-state index contributed by atoms with van der Waals surface area (Å²) in [4.78, 5) is 16.7. The van der Waals surface area contributed by atoms with Gasteiger partial charge in [0.05, 0.1) is 29.2 Å². The van der Waals surface area contributed by atoms with Crippen molar-refractivity contribution >= 4 is 35.2 Å². The molecule has 0 spiro atoms. The fourth-order valence-electron chi connectivity index (χ4n) is 3.58. The molecule has 3 heterocycles. The molecule has 0 saturated carbocycles. The molecular formula is C19H24ClN5O2S. The largest absolute Gasteiger partial charge is 0.375 e. The predicted molar refractivity (Wildman–Crippen MR) is 111 cm³/mol. The van der Waals surface area contributed by atoms with Gasteiger partial charge in [0.1, 0.15) is 0 Å². The van der Waals surface area contributed by atoms with Gasteiger partial charge in [0.2, 0.25) is 11.9 Å². The molecule has 1 amide bonds. The summed E-state index contributed by atoms with van der Waals surface area (Å²) < 4.78 is 7.50. The highest BCUT2D eigenvalue weighted by Gasteiger charge is 2.26. The monoisotopic (exact) mass is 421 g/mol. The van der Waals surface area contributed by atoms with E-state index in [0.29, 0.717) is 35.6 Å². The summed E-state index contributed by atoms with van der Waals surface area (Å²) >= 11 is 7.88. The second-order valence-corrected chi connectivity index (χ2v) is 8.42. The van der Waals surface area contributed by atoms with Crippen molar-refractivity contribution in [1.29, 1.82) is 0 Å². The van der Waals surface area contributed by atoms with E-state index in [1.54, 1.807) is 0 Å². The summed E-state index contributed by atoms with van der Waals surface area (Å²) in [6, 6.07) is 7.67. The van der Waals surface area contributed by atoms with Crippen LogP contribution in [0.3, 0.4) is 0 Å². The SMILES string of the molecule is CC1CN(C(=O)CSc2nnc(N3CCCC3)n2-c2ccccc2Cl)CCO1. The van der Waals surface area contributed by atoms with Crippen molar-refractivity contribution in [3.8, 4) is 5.69 Å². The Morgan fingerprint density at radius 1 is 1.25 bits per heavy atom. The summed E-state index contributed by atoms with van der Waals surface area (Å²) in [5.74, 6) is 1.20. The number of halogens is 1. The van der Waals surface area contributed by atoms with Crippen LogP contribution in [0.25, 0.3) is 5.69 Å². The number of nitrogens with zero attached hydrogens (tertiary/aromatic N) is 5. The van der Waals surface area contributed by atoms with Crippen LogP contribution in [0.5, 0.6) is 0 Å². The first-order chi connectivity index (χ1) is 13.6. The van der Waals surface area contributed by atoms with Crippen LogP contribution in [0, 0.1) is 0 Å². The maximum Gasteiger partial charge on any atom is 0.233 e. The quantitative estimate of drug-likeness (QED) is 0.692. The molecule has 1 atom stereocenters. The van der Waals surface area contributed by atoms with Crippen molar-refractivity contribution in [2.45, 2.75) is 31.0 Å². The summed E-state index contributed by atoms with van der Waals surface area (Å²) in [6.07, 6.45) is 2.37. The molecule has 28 heavy (non-hydrogen) atoms. The van der Waals surface area contributed by atoms with Gasteiger partial charge in [0.25, 0.3) is 0 Å². The molecule has 2 aromatic rings. The molecule has 2 fully saturated rings. The maximum absolute atomic E-state index is 12.7. The molecule has 2 aliphatic rings. The second kappa shape index (κ2) is 8.71. The molecule has 0 bridgehead atoms. The first-order valence-corrected chi connectivity index (χ1v) is 11.0. The molecule has 4 rings (SSSR count). The lowest BCUT2D eigenvalue weighted by Crippen LogP contribution is -2.45. The second-order valence-electron chi connectivity index (χ2n) is 7.07. The Hall–Kier alpha value is -1.77. The third-order valence-corrected chi connectivity index (χ3v) is 6.25. The van der Waals surface area contributed by atoms with Crippen LogP contribution in [0.1, 0.15) is 19.8 Å². The Balaban J connectivity index is 1.56. The van der Waals surface area contributed by atoms with E-state index in [2.05, 4.69) is 15.1 Å². The first kappa shape index (κ1) is 19.5. The zero-order valence-corrected chi connectivity index (χ0v) is 17.5. The van der Waals surface area contributed by atoms with E-state index in [4.69, 9.17) is 16.3 Å². The number of hydrogen-bond donors (Lipinski definition) is 0. The lowest BCUT2D eigenvalue weighted by molar-refractivity contribution is -0.135. The number of aromatic nitrogens is 3. The minimum atomic E-state index is 0.0799. The number of benzene rings is 1. The molecule has 0 N–H and O–H groups in total. The highest BCUT2D eigenvalue weighted by atomic mass is 35.5. The number of rotatable bonds is 5. The Morgan fingerprint density at radius 3 is 2.79 bits per heavy atom. The van der Waals surface area contributed by atoms with Crippen molar-refractivity contribution < 1.29 is 9.53 Å². The summed E-state index contributed by atoms with van der Waals surface area (Å²) in [5, 5.41) is 10.1. The molecule has 150 valence electrons. The van der Waals surface area contributed by atoms with Crippen LogP contribution in [0.4, 0.5) is 5.95 Å². The Morgan fingerprint density at radius 2 is 2.04 bits per heavy atom. The normalized spacial score (nSPS) is 20.0. The minimum Gasteiger partial charge on any atom is -0.375 e. The van der Waals surface area contributed by atoms with E-state index >= 15 is 0 Å². The average Bonchev–Trinajstić information content (AvgIpc) is 3.36. The number of hydrogen-bond acceptors (Lipinski definition) is 6. The van der Waals surface area contributed by atoms with Crippen molar-refractivity contribution in [3.05, 3.63) is 29.3 Å². The van der Waals surface area contributed by atoms with Gasteiger partial charge >= 0.3 is 0 Å². The number of amides is 1. The Labute approximate surface area is 174 Å². The third-order valence-electron chi connectivity index (χ3n) is 5.02. The van der Waals surface area contributed by atoms with Gasteiger partial charge in [-0.25, -0.2) is 0 Å². The number of carbonyl (C=O) groups is 1. The van der Waals surface area contributed by atoms with Gasteiger partial charge in [-0.05, 0) is 31.9 Å². The van der Waals surface area contributed by atoms with Crippen LogP contribution >= 0.6 is 23.4 Å². The lowest BCUT2D eigenvalue weighted by atomic mass is 10.3. The van der Waals surface area contributed by atoms with Gasteiger partial charge in [-0.3, -0.25) is 9.36 Å². The summed E-state index contributed by atoms with van der Waals surface area (Å²) in [5.41, 5.74) is 0.839. The molecule has 1 unspecified atom stereocenters. The van der Waals surface area contributed by atoms with E-state index in [9.17, 15) is 4.79 Å². The number of para-hydroxylation sites is 1. The molecule has 9 heteroatoms. The highest BCUT2D eigenvalue weighted by Crippen LogP contribution is 2.32. The van der Waals surface area contributed by atoms with Crippen molar-refractivity contribution in [2.24, 2.45) is 0 Å². The van der Waals surface area contributed by atoms with Gasteiger partial charge in [-0.1, -0.05) is 35.5 Å². The van der Waals surface area contributed by atoms with Gasteiger partial charge < -0.3 is 14.5 Å². The molecule has 1 aromatic carbocycles. The molecule has 1 aromatic heterocycles. The zero-order valence-electron chi connectivity index (χ0n) is 15.9. The first-order valence-electron chi connectivity index (χ1n) is 9.61. The van der Waals surface area contributed by atoms with Crippen LogP contribution < -0.4 is 4.90 Å². The predicted octanol–water partition coefficient (Wildman–Crippen LogP) is 2.86. The number of ether oxygens (including phenoxy) is 1. The Kier molecular flexibility index (Phi) is 6.08. The van der Waals surface area contributed by atoms with Gasteiger partial charge in [-0.15, -0.1) is 10.2 Å². The van der Waals surface area contributed by atoms with Crippen LogP contribution in [0.2, 0.25) is 5.02 Å². The van der Waals surface area contributed by atoms with Crippen LogP contribution in [-0.4, -0.2) is 70.2 Å². The average molecular weight is 422 g/mol. The molecule has 7 nitrogen and oxygen atoms in total. The maximum atomic E-state index is 12.7. The van der Waals surface area contributed by atoms with Gasteiger partial charge in [0, 0.05) is 26.2 Å². The van der Waals surface area contributed by atoms with E-state index in [-0.39, 0.29) is 12.0 Å². The van der Waals surface area contributed by atoms with E-state index < -0.39 is 0 Å². The van der Waals surface area contributed by atoms with E-state index in [1.807, 2.05) is 40.7 Å². The van der Waals surface area contributed by atoms with E-state index in [1.165, 1.54) is 11.8 Å². The summed E-state index contributed by atoms with van der Waals surface area (Å²) in [6.45, 7) is 5.76. The number of morpholine rings is 1. The van der Waals surface area contributed by atoms with Crippen molar-refractivity contribution in [3.63, 3.8) is 0 Å². The molecular weight excluding hydrogens is 398 g/mol. The topological polar surface area (TPSA) is 63.5 Å². The lowest BCUT2D eigenvalue weighted by Gasteiger charge is -2.31. The number of thioether (sulfide) groups is 1. The molecule has 2 saturated heterocycles. The zero-order chi connectivity index (χ0) is 19.5. The number of carbonyl (C=O) groups excluding carboxylic acids is 1. The molecule has 0 aliphatic carbocycles. The Bertz CT molecular complexity index is 839. The summed E-state index contributed by atoms with van der Waals surface area (Å²) in [7, 11) is 0. The van der Waals surface area contributed by atoms with Crippen LogP contribution in [0.15, 0.2) is 29.4 Å². The highest BCUT2D eigenvalue weighted by molar-refractivity contribution is 7.99. The van der Waals surface area contributed by atoms with E-state index in [0.717, 1.165) is 37.6 Å². The minimum absolute atomic E-state index is 0.0799. The third kappa shape index (κ3) is 4.14. The molecule has 0 radical (unpaired) electrons. The molecule has 2 aliphatic heterocycles.